The Hall–Kier alpha value is -1.63. The van der Waals surface area contributed by atoms with Gasteiger partial charge in [-0.3, -0.25) is 4.79 Å². The van der Waals surface area contributed by atoms with Gasteiger partial charge in [0.15, 0.2) is 0 Å². The van der Waals surface area contributed by atoms with Gasteiger partial charge in [0.05, 0.1) is 12.0 Å². The first-order chi connectivity index (χ1) is 11.1. The molecule has 0 aliphatic heterocycles. The molecule has 0 bridgehead atoms. The summed E-state index contributed by atoms with van der Waals surface area (Å²) >= 11 is 0. The predicted octanol–water partition coefficient (Wildman–Crippen LogP) is 2.99. The SMILES string of the molecule is Cl.Cl.N[C@@H]1CCC[C@H]1CC(=O)NCc1ccc(-n2ccnc2)c(F)c1. The summed E-state index contributed by atoms with van der Waals surface area (Å²) in [6, 6.07) is 5.06. The van der Waals surface area contributed by atoms with Gasteiger partial charge in [0.1, 0.15) is 5.82 Å². The molecule has 1 amide bonds. The zero-order valence-corrected chi connectivity index (χ0v) is 15.4. The monoisotopic (exact) mass is 388 g/mol. The molecule has 5 nitrogen and oxygen atoms in total. The van der Waals surface area contributed by atoms with Crippen molar-refractivity contribution >= 4 is 30.7 Å². The van der Waals surface area contributed by atoms with E-state index in [0.717, 1.165) is 24.8 Å². The van der Waals surface area contributed by atoms with E-state index in [-0.39, 0.29) is 48.5 Å². The van der Waals surface area contributed by atoms with Crippen LogP contribution in [0.3, 0.4) is 0 Å². The quantitative estimate of drug-likeness (QED) is 0.826. The van der Waals surface area contributed by atoms with E-state index in [9.17, 15) is 9.18 Å². The standard InChI is InChI=1S/C17H21FN4O.2ClH/c18-14-8-12(4-5-16(14)22-7-6-20-11-22)10-21-17(23)9-13-2-1-3-15(13)19;;/h4-8,11,13,15H,1-3,9-10,19H2,(H,21,23);2*1H/t13-,15+;;/m0../s1. The van der Waals surface area contributed by atoms with Crippen LogP contribution in [0.15, 0.2) is 36.9 Å². The van der Waals surface area contributed by atoms with Crippen molar-refractivity contribution in [2.75, 3.05) is 0 Å². The molecular weight excluding hydrogens is 366 g/mol. The Morgan fingerprint density at radius 1 is 1.36 bits per heavy atom. The minimum atomic E-state index is -0.340. The molecule has 0 saturated heterocycles. The zero-order chi connectivity index (χ0) is 16.2. The number of halogens is 3. The van der Waals surface area contributed by atoms with Crippen LogP contribution in [0.1, 0.15) is 31.2 Å². The summed E-state index contributed by atoms with van der Waals surface area (Å²) < 4.78 is 15.7. The van der Waals surface area contributed by atoms with Crippen LogP contribution >= 0.6 is 24.8 Å². The maximum absolute atomic E-state index is 14.1. The second kappa shape index (κ2) is 9.75. The van der Waals surface area contributed by atoms with Crippen molar-refractivity contribution in [3.8, 4) is 5.69 Å². The average molecular weight is 389 g/mol. The van der Waals surface area contributed by atoms with Gasteiger partial charge in [0.25, 0.3) is 0 Å². The normalized spacial score (nSPS) is 19.0. The Bertz CT molecular complexity index is 681. The number of aromatic nitrogens is 2. The van der Waals surface area contributed by atoms with Gasteiger partial charge >= 0.3 is 0 Å². The molecule has 1 aliphatic rings. The summed E-state index contributed by atoms with van der Waals surface area (Å²) in [6.07, 6.45) is 8.40. The van der Waals surface area contributed by atoms with Crippen LogP contribution in [0.4, 0.5) is 4.39 Å². The third-order valence-electron chi connectivity index (χ3n) is 4.45. The summed E-state index contributed by atoms with van der Waals surface area (Å²) in [5.41, 5.74) is 7.15. The van der Waals surface area contributed by atoms with E-state index in [1.807, 2.05) is 0 Å². The summed E-state index contributed by atoms with van der Waals surface area (Å²) in [6.45, 7) is 0.321. The number of nitrogens with one attached hydrogen (secondary N) is 1. The van der Waals surface area contributed by atoms with E-state index in [4.69, 9.17) is 5.73 Å². The van der Waals surface area contributed by atoms with E-state index >= 15 is 0 Å². The number of amides is 1. The first-order valence-electron chi connectivity index (χ1n) is 7.92. The molecular formula is C17H23Cl2FN4O. The number of nitrogens with zero attached hydrogens (tertiary/aromatic N) is 2. The molecule has 3 rings (SSSR count). The van der Waals surface area contributed by atoms with Gasteiger partial charge in [-0.15, -0.1) is 24.8 Å². The second-order valence-electron chi connectivity index (χ2n) is 6.09. The maximum Gasteiger partial charge on any atom is 0.220 e. The highest BCUT2D eigenvalue weighted by atomic mass is 35.5. The van der Waals surface area contributed by atoms with Crippen molar-refractivity contribution in [1.29, 1.82) is 0 Å². The lowest BCUT2D eigenvalue weighted by molar-refractivity contribution is -0.122. The van der Waals surface area contributed by atoms with Crippen molar-refractivity contribution in [2.45, 2.75) is 38.3 Å². The van der Waals surface area contributed by atoms with E-state index < -0.39 is 0 Å². The van der Waals surface area contributed by atoms with Crippen LogP contribution in [0.25, 0.3) is 5.69 Å². The van der Waals surface area contributed by atoms with Crippen LogP contribution in [-0.4, -0.2) is 21.5 Å². The number of hydrogen-bond acceptors (Lipinski definition) is 3. The summed E-state index contributed by atoms with van der Waals surface area (Å²) in [7, 11) is 0. The van der Waals surface area contributed by atoms with Gasteiger partial charge in [-0.25, -0.2) is 9.37 Å². The lowest BCUT2D eigenvalue weighted by Gasteiger charge is -2.15. The number of nitrogens with two attached hydrogens (primary N) is 1. The highest BCUT2D eigenvalue weighted by molar-refractivity contribution is 5.85. The molecule has 1 aliphatic carbocycles. The van der Waals surface area contributed by atoms with Gasteiger partial charge in [0.2, 0.25) is 5.91 Å². The number of rotatable bonds is 5. The average Bonchev–Trinajstić information content (AvgIpc) is 3.18. The van der Waals surface area contributed by atoms with Gasteiger partial charge < -0.3 is 15.6 Å². The molecule has 1 heterocycles. The number of carbonyl (C=O) groups is 1. The molecule has 0 spiro atoms. The Morgan fingerprint density at radius 2 is 2.16 bits per heavy atom. The summed E-state index contributed by atoms with van der Waals surface area (Å²) in [5, 5.41) is 2.85. The first-order valence-corrected chi connectivity index (χ1v) is 7.92. The molecule has 2 aromatic rings. The van der Waals surface area contributed by atoms with Crippen LogP contribution in [-0.2, 0) is 11.3 Å². The smallest absolute Gasteiger partial charge is 0.220 e. The largest absolute Gasteiger partial charge is 0.352 e. The lowest BCUT2D eigenvalue weighted by atomic mass is 10.00. The van der Waals surface area contributed by atoms with Gasteiger partial charge in [-0.2, -0.15) is 0 Å². The topological polar surface area (TPSA) is 72.9 Å². The summed E-state index contributed by atoms with van der Waals surface area (Å²) in [5.74, 6) is -0.0886. The third-order valence-corrected chi connectivity index (χ3v) is 4.45. The van der Waals surface area contributed by atoms with Crippen LogP contribution in [0, 0.1) is 11.7 Å². The molecule has 1 aromatic heterocycles. The minimum Gasteiger partial charge on any atom is -0.352 e. The predicted molar refractivity (Wildman–Crippen MR) is 99.8 cm³/mol. The fourth-order valence-corrected chi connectivity index (χ4v) is 3.10. The molecule has 138 valence electrons. The molecule has 1 saturated carbocycles. The molecule has 2 atom stereocenters. The molecule has 8 heteroatoms. The van der Waals surface area contributed by atoms with Gasteiger partial charge in [-0.1, -0.05) is 12.5 Å². The molecule has 1 fully saturated rings. The second-order valence-corrected chi connectivity index (χ2v) is 6.09. The highest BCUT2D eigenvalue weighted by Crippen LogP contribution is 2.26. The Kier molecular flexibility index (Phi) is 8.35. The van der Waals surface area contributed by atoms with Gasteiger partial charge in [0, 0.05) is 31.4 Å². The van der Waals surface area contributed by atoms with Crippen molar-refractivity contribution in [2.24, 2.45) is 11.7 Å². The summed E-state index contributed by atoms with van der Waals surface area (Å²) in [4.78, 5) is 15.9. The molecule has 0 unspecified atom stereocenters. The first kappa shape index (κ1) is 21.4. The van der Waals surface area contributed by atoms with Crippen LogP contribution in [0.5, 0.6) is 0 Å². The van der Waals surface area contributed by atoms with Crippen LogP contribution < -0.4 is 11.1 Å². The maximum atomic E-state index is 14.1. The van der Waals surface area contributed by atoms with Crippen molar-refractivity contribution in [1.82, 2.24) is 14.9 Å². The Morgan fingerprint density at radius 3 is 2.76 bits per heavy atom. The van der Waals surface area contributed by atoms with E-state index in [0.29, 0.717) is 18.7 Å². The number of carbonyl (C=O) groups excluding carboxylic acids is 1. The van der Waals surface area contributed by atoms with Gasteiger partial charge in [-0.05, 0) is 36.5 Å². The third kappa shape index (κ3) is 5.42. The van der Waals surface area contributed by atoms with E-state index in [1.165, 1.54) is 6.07 Å². The zero-order valence-electron chi connectivity index (χ0n) is 13.7. The Balaban J connectivity index is 0.00000156. The molecule has 0 radical (unpaired) electrons. The fourth-order valence-electron chi connectivity index (χ4n) is 3.10. The number of imidazole rings is 1. The molecule has 1 aromatic carbocycles. The van der Waals surface area contributed by atoms with Crippen molar-refractivity contribution in [3.05, 3.63) is 48.3 Å². The van der Waals surface area contributed by atoms with E-state index in [1.54, 1.807) is 35.4 Å². The minimum absolute atomic E-state index is 0. The molecule has 3 N–H and O–H groups in total. The molecule has 25 heavy (non-hydrogen) atoms. The number of hydrogen-bond donors (Lipinski definition) is 2. The number of benzene rings is 1. The van der Waals surface area contributed by atoms with Crippen molar-refractivity contribution < 1.29 is 9.18 Å². The Labute approximate surface area is 159 Å². The van der Waals surface area contributed by atoms with Crippen LogP contribution in [0.2, 0.25) is 0 Å². The van der Waals surface area contributed by atoms with Crippen molar-refractivity contribution in [3.63, 3.8) is 0 Å². The fraction of sp³-hybridized carbons (Fsp3) is 0.412. The highest BCUT2D eigenvalue weighted by Gasteiger charge is 2.25. The lowest BCUT2D eigenvalue weighted by Crippen LogP contribution is -2.31. The van der Waals surface area contributed by atoms with E-state index in [2.05, 4.69) is 10.3 Å².